The number of carbonyl (C=O) groups excluding carboxylic acids is 4. The van der Waals surface area contributed by atoms with Gasteiger partial charge in [-0.1, -0.05) is 0 Å². The van der Waals surface area contributed by atoms with Crippen LogP contribution in [0.2, 0.25) is 0 Å². The lowest BCUT2D eigenvalue weighted by Crippen LogP contribution is -2.51. The van der Waals surface area contributed by atoms with Crippen LogP contribution < -0.4 is 5.32 Å². The first-order valence-corrected chi connectivity index (χ1v) is 10.7. The van der Waals surface area contributed by atoms with E-state index in [2.05, 4.69) is 5.32 Å². The Balaban J connectivity index is 1.27. The lowest BCUT2D eigenvalue weighted by molar-refractivity contribution is -0.136. The Morgan fingerprint density at radius 1 is 1.16 bits per heavy atom. The van der Waals surface area contributed by atoms with E-state index in [1.807, 2.05) is 6.92 Å². The third-order valence-electron chi connectivity index (χ3n) is 5.12. The largest absolute Gasteiger partial charge is 0.459 e. The minimum atomic E-state index is -0.638. The van der Waals surface area contributed by atoms with Crippen LogP contribution >= 0.6 is 11.8 Å². The summed E-state index contributed by atoms with van der Waals surface area (Å²) in [5.41, 5.74) is 0.821. The molecule has 2 aliphatic rings. The quantitative estimate of drug-likeness (QED) is 0.719. The lowest BCUT2D eigenvalue weighted by Gasteiger charge is -2.34. The van der Waals surface area contributed by atoms with E-state index < -0.39 is 5.97 Å². The maximum Gasteiger partial charge on any atom is 0.338 e. The highest BCUT2D eigenvalue weighted by Crippen LogP contribution is 2.36. The molecule has 31 heavy (non-hydrogen) atoms. The van der Waals surface area contributed by atoms with Crippen LogP contribution in [0.25, 0.3) is 0 Å². The SMILES string of the molecule is CC1Sc2ccc(C(=O)OCC(=O)N3CCN(C(=O)c4ccco4)CC3)cc2NC1=O. The molecule has 1 fully saturated rings. The van der Waals surface area contributed by atoms with Crippen molar-refractivity contribution in [3.63, 3.8) is 0 Å². The predicted molar refractivity (Wildman–Crippen MR) is 112 cm³/mol. The van der Waals surface area contributed by atoms with Crippen LogP contribution in [0.5, 0.6) is 0 Å². The number of thioether (sulfide) groups is 1. The Bertz CT molecular complexity index is 1010. The summed E-state index contributed by atoms with van der Waals surface area (Å²) >= 11 is 1.42. The minimum absolute atomic E-state index is 0.122. The molecule has 0 bridgehead atoms. The van der Waals surface area contributed by atoms with Crippen molar-refractivity contribution in [3.05, 3.63) is 47.9 Å². The Morgan fingerprint density at radius 3 is 2.61 bits per heavy atom. The molecular weight excluding hydrogens is 422 g/mol. The van der Waals surface area contributed by atoms with Crippen LogP contribution in [-0.2, 0) is 14.3 Å². The summed E-state index contributed by atoms with van der Waals surface area (Å²) in [6.45, 7) is 2.87. The summed E-state index contributed by atoms with van der Waals surface area (Å²) in [5, 5.41) is 2.57. The number of rotatable bonds is 4. The second-order valence-electron chi connectivity index (χ2n) is 7.19. The third kappa shape index (κ3) is 4.58. The van der Waals surface area contributed by atoms with E-state index in [0.29, 0.717) is 31.9 Å². The van der Waals surface area contributed by atoms with Crippen LogP contribution in [0.15, 0.2) is 45.9 Å². The highest BCUT2D eigenvalue weighted by atomic mass is 32.2. The topological polar surface area (TPSA) is 109 Å². The van der Waals surface area contributed by atoms with Gasteiger partial charge in [0.2, 0.25) is 5.91 Å². The van der Waals surface area contributed by atoms with E-state index in [1.165, 1.54) is 18.0 Å². The van der Waals surface area contributed by atoms with Gasteiger partial charge in [0.25, 0.3) is 11.8 Å². The molecule has 1 aromatic heterocycles. The van der Waals surface area contributed by atoms with Crippen LogP contribution in [0.3, 0.4) is 0 Å². The number of anilines is 1. The van der Waals surface area contributed by atoms with Crippen LogP contribution in [-0.4, -0.2) is 71.5 Å². The zero-order valence-corrected chi connectivity index (χ0v) is 17.6. The first-order chi connectivity index (χ1) is 14.9. The van der Waals surface area contributed by atoms with Crippen molar-refractivity contribution < 1.29 is 28.3 Å². The molecular formula is C21H21N3O6S. The number of benzene rings is 1. The van der Waals surface area contributed by atoms with Crippen molar-refractivity contribution in [2.24, 2.45) is 0 Å². The molecule has 1 saturated heterocycles. The summed E-state index contributed by atoms with van der Waals surface area (Å²) in [6, 6.07) is 8.17. The monoisotopic (exact) mass is 443 g/mol. The fourth-order valence-electron chi connectivity index (χ4n) is 3.35. The van der Waals surface area contributed by atoms with Crippen molar-refractivity contribution in [3.8, 4) is 0 Å². The number of piperazine rings is 1. The number of carbonyl (C=O) groups is 4. The lowest BCUT2D eigenvalue weighted by atomic mass is 10.2. The van der Waals surface area contributed by atoms with Gasteiger partial charge in [-0.25, -0.2) is 4.79 Å². The number of fused-ring (bicyclic) bond motifs is 1. The molecule has 10 heteroatoms. The van der Waals surface area contributed by atoms with Crippen molar-refractivity contribution in [1.82, 2.24) is 9.80 Å². The fourth-order valence-corrected chi connectivity index (χ4v) is 4.28. The summed E-state index contributed by atoms with van der Waals surface area (Å²) < 4.78 is 10.3. The van der Waals surface area contributed by atoms with Crippen LogP contribution in [0.4, 0.5) is 5.69 Å². The zero-order chi connectivity index (χ0) is 22.0. The highest BCUT2D eigenvalue weighted by Gasteiger charge is 2.27. The van der Waals surface area contributed by atoms with Gasteiger partial charge in [-0.2, -0.15) is 0 Å². The van der Waals surface area contributed by atoms with Crippen molar-refractivity contribution in [2.75, 3.05) is 38.1 Å². The minimum Gasteiger partial charge on any atom is -0.459 e. The number of hydrogen-bond acceptors (Lipinski definition) is 7. The molecule has 1 atom stereocenters. The fraction of sp³-hybridized carbons (Fsp3) is 0.333. The van der Waals surface area contributed by atoms with Gasteiger partial charge in [0.15, 0.2) is 12.4 Å². The van der Waals surface area contributed by atoms with Gasteiger partial charge in [-0.3, -0.25) is 14.4 Å². The number of hydrogen-bond donors (Lipinski definition) is 1. The van der Waals surface area contributed by atoms with Gasteiger partial charge < -0.3 is 24.3 Å². The molecule has 9 nitrogen and oxygen atoms in total. The average Bonchev–Trinajstić information content (AvgIpc) is 3.32. The molecule has 1 unspecified atom stereocenters. The van der Waals surface area contributed by atoms with Crippen LogP contribution in [0.1, 0.15) is 27.8 Å². The van der Waals surface area contributed by atoms with Gasteiger partial charge >= 0.3 is 5.97 Å². The first-order valence-electron chi connectivity index (χ1n) is 9.81. The van der Waals surface area contributed by atoms with Crippen molar-refractivity contribution >= 4 is 41.1 Å². The molecule has 3 amide bonds. The molecule has 1 N–H and O–H groups in total. The maximum absolute atomic E-state index is 12.4. The van der Waals surface area contributed by atoms with E-state index in [4.69, 9.17) is 9.15 Å². The molecule has 0 spiro atoms. The van der Waals surface area contributed by atoms with Gasteiger partial charge in [0.05, 0.1) is 22.8 Å². The Labute approximate surface area is 182 Å². The van der Waals surface area contributed by atoms with Gasteiger partial charge in [0.1, 0.15) is 0 Å². The molecule has 3 heterocycles. The van der Waals surface area contributed by atoms with Gasteiger partial charge in [-0.15, -0.1) is 11.8 Å². The Kier molecular flexibility index (Phi) is 5.99. The van der Waals surface area contributed by atoms with Crippen molar-refractivity contribution in [2.45, 2.75) is 17.1 Å². The number of nitrogens with one attached hydrogen (secondary N) is 1. The van der Waals surface area contributed by atoms with E-state index >= 15 is 0 Å². The molecule has 4 rings (SSSR count). The van der Waals surface area contributed by atoms with Gasteiger partial charge in [-0.05, 0) is 37.3 Å². The van der Waals surface area contributed by atoms with E-state index in [1.54, 1.807) is 40.1 Å². The molecule has 1 aromatic carbocycles. The normalized spacial score (nSPS) is 18.2. The van der Waals surface area contributed by atoms with E-state index in [0.717, 1.165) is 4.90 Å². The molecule has 2 aliphatic heterocycles. The number of nitrogens with zero attached hydrogens (tertiary/aromatic N) is 2. The second-order valence-corrected chi connectivity index (χ2v) is 8.57. The van der Waals surface area contributed by atoms with E-state index in [-0.39, 0.29) is 40.9 Å². The first kappa shape index (κ1) is 21.0. The summed E-state index contributed by atoms with van der Waals surface area (Å²) in [6.07, 6.45) is 1.44. The number of esters is 1. The second kappa shape index (κ2) is 8.84. The van der Waals surface area contributed by atoms with Crippen LogP contribution in [0, 0.1) is 0 Å². The van der Waals surface area contributed by atoms with Gasteiger partial charge in [0, 0.05) is 31.1 Å². The summed E-state index contributed by atoms with van der Waals surface area (Å²) in [5.74, 6) is -1.03. The number of ether oxygens (including phenoxy) is 1. The third-order valence-corrected chi connectivity index (χ3v) is 6.30. The molecule has 0 saturated carbocycles. The summed E-state index contributed by atoms with van der Waals surface area (Å²) in [7, 11) is 0. The molecule has 2 aromatic rings. The van der Waals surface area contributed by atoms with Crippen molar-refractivity contribution in [1.29, 1.82) is 0 Å². The smallest absolute Gasteiger partial charge is 0.338 e. The maximum atomic E-state index is 12.4. The number of amides is 3. The summed E-state index contributed by atoms with van der Waals surface area (Å²) in [4.78, 5) is 52.9. The Hall–Kier alpha value is -3.27. The molecule has 0 aliphatic carbocycles. The Morgan fingerprint density at radius 2 is 1.90 bits per heavy atom. The highest BCUT2D eigenvalue weighted by molar-refractivity contribution is 8.00. The number of furan rings is 1. The van der Waals surface area contributed by atoms with E-state index in [9.17, 15) is 19.2 Å². The molecule has 162 valence electrons. The zero-order valence-electron chi connectivity index (χ0n) is 16.8. The predicted octanol–water partition coefficient (Wildman–Crippen LogP) is 1.85. The standard InChI is InChI=1S/C21H21N3O6S/c1-13-19(26)22-15-11-14(4-5-17(15)31-13)21(28)30-12-18(25)23-6-8-24(9-7-23)20(27)16-3-2-10-29-16/h2-5,10-11,13H,6-9,12H2,1H3,(H,22,26). The molecule has 0 radical (unpaired) electrons. The average molecular weight is 443 g/mol.